The Bertz CT molecular complexity index is 659. The third-order valence-corrected chi connectivity index (χ3v) is 3.97. The second-order valence-electron chi connectivity index (χ2n) is 5.78. The maximum absolute atomic E-state index is 12.4. The molecule has 1 aliphatic heterocycles. The molecule has 3 rings (SSSR count). The molecule has 0 spiro atoms. The minimum Gasteiger partial charge on any atom is -0.492 e. The van der Waals surface area contributed by atoms with Gasteiger partial charge in [-0.15, -0.1) is 0 Å². The zero-order valence-corrected chi connectivity index (χ0v) is 13.8. The van der Waals surface area contributed by atoms with Gasteiger partial charge in [0.15, 0.2) is 0 Å². The topological polar surface area (TPSA) is 69.5 Å². The Kier molecular flexibility index (Phi) is 5.43. The Balaban J connectivity index is 1.68. The lowest BCUT2D eigenvalue weighted by Gasteiger charge is -2.24. The molecule has 1 amide bonds. The highest BCUT2D eigenvalue weighted by Crippen LogP contribution is 2.18. The number of amides is 1. The van der Waals surface area contributed by atoms with Crippen LogP contribution in [0, 0.1) is 5.92 Å². The third kappa shape index (κ3) is 4.11. The van der Waals surface area contributed by atoms with Crippen molar-refractivity contribution in [2.75, 3.05) is 26.4 Å². The number of ether oxygens (including phenoxy) is 2. The van der Waals surface area contributed by atoms with E-state index in [0.717, 1.165) is 18.0 Å². The van der Waals surface area contributed by atoms with E-state index < -0.39 is 0 Å². The molecule has 0 aromatic carbocycles. The molecule has 1 atom stereocenters. The number of hydrogen-bond donors (Lipinski definition) is 0. The summed E-state index contributed by atoms with van der Waals surface area (Å²) in [7, 11) is 0. The molecule has 0 radical (unpaired) electrons. The number of rotatable bonds is 6. The van der Waals surface area contributed by atoms with Gasteiger partial charge in [0.2, 0.25) is 5.91 Å². The van der Waals surface area contributed by atoms with Crippen LogP contribution in [0.3, 0.4) is 0 Å². The number of fused-ring (bicyclic) bond motifs is 1. The SMILES string of the molecule is CCOCC(=O)N1Cc2ccnn2C[C@H](COc2cccnc2)C1. The molecule has 0 N–H and O–H groups in total. The number of nitrogens with zero attached hydrogens (tertiary/aromatic N) is 4. The predicted octanol–water partition coefficient (Wildman–Crippen LogP) is 1.35. The van der Waals surface area contributed by atoms with Crippen molar-refractivity contribution in [1.29, 1.82) is 0 Å². The molecule has 0 saturated carbocycles. The second-order valence-corrected chi connectivity index (χ2v) is 5.78. The van der Waals surface area contributed by atoms with Gasteiger partial charge in [0.05, 0.1) is 25.0 Å². The first-order valence-electron chi connectivity index (χ1n) is 8.15. The zero-order chi connectivity index (χ0) is 16.8. The molecule has 3 heterocycles. The van der Waals surface area contributed by atoms with Crippen molar-refractivity contribution in [2.24, 2.45) is 5.92 Å². The average Bonchev–Trinajstić information content (AvgIpc) is 2.96. The van der Waals surface area contributed by atoms with Gasteiger partial charge in [0.25, 0.3) is 0 Å². The van der Waals surface area contributed by atoms with Gasteiger partial charge in [-0.3, -0.25) is 14.5 Å². The summed E-state index contributed by atoms with van der Waals surface area (Å²) in [6.45, 7) is 4.93. The lowest BCUT2D eigenvalue weighted by atomic mass is 10.1. The molecule has 0 aliphatic carbocycles. The first-order chi connectivity index (χ1) is 11.8. The minimum atomic E-state index is -0.00197. The van der Waals surface area contributed by atoms with Crippen LogP contribution in [0.4, 0.5) is 0 Å². The molecule has 0 saturated heterocycles. The van der Waals surface area contributed by atoms with Crippen molar-refractivity contribution in [2.45, 2.75) is 20.0 Å². The van der Waals surface area contributed by atoms with Crippen LogP contribution in [0.25, 0.3) is 0 Å². The summed E-state index contributed by atoms with van der Waals surface area (Å²) in [6.07, 6.45) is 5.17. The maximum atomic E-state index is 12.4. The van der Waals surface area contributed by atoms with Gasteiger partial charge < -0.3 is 14.4 Å². The summed E-state index contributed by atoms with van der Waals surface area (Å²) in [5.74, 6) is 0.879. The van der Waals surface area contributed by atoms with Crippen LogP contribution < -0.4 is 4.74 Å². The molecule has 1 aliphatic rings. The Morgan fingerprint density at radius 1 is 1.33 bits per heavy atom. The van der Waals surface area contributed by atoms with Crippen LogP contribution in [0.5, 0.6) is 5.75 Å². The lowest BCUT2D eigenvalue weighted by Crippen LogP contribution is -2.37. The second kappa shape index (κ2) is 7.92. The van der Waals surface area contributed by atoms with E-state index in [1.54, 1.807) is 18.6 Å². The van der Waals surface area contributed by atoms with Gasteiger partial charge in [-0.25, -0.2) is 0 Å². The summed E-state index contributed by atoms with van der Waals surface area (Å²) in [6, 6.07) is 5.66. The Hall–Kier alpha value is -2.41. The van der Waals surface area contributed by atoms with Crippen LogP contribution in [0.1, 0.15) is 12.6 Å². The van der Waals surface area contributed by atoms with Gasteiger partial charge in [-0.05, 0) is 25.1 Å². The van der Waals surface area contributed by atoms with Crippen molar-refractivity contribution in [3.8, 4) is 5.75 Å². The van der Waals surface area contributed by atoms with Gasteiger partial charge in [-0.2, -0.15) is 5.10 Å². The molecule has 0 bridgehead atoms. The van der Waals surface area contributed by atoms with E-state index in [4.69, 9.17) is 9.47 Å². The monoisotopic (exact) mass is 330 g/mol. The fraction of sp³-hybridized carbons (Fsp3) is 0.471. The molecule has 7 nitrogen and oxygen atoms in total. The van der Waals surface area contributed by atoms with Gasteiger partial charge in [0, 0.05) is 38.0 Å². The minimum absolute atomic E-state index is 0.00197. The van der Waals surface area contributed by atoms with E-state index in [0.29, 0.717) is 26.3 Å². The summed E-state index contributed by atoms with van der Waals surface area (Å²) >= 11 is 0. The first kappa shape index (κ1) is 16.4. The number of aromatic nitrogens is 3. The van der Waals surface area contributed by atoms with Crippen molar-refractivity contribution >= 4 is 5.91 Å². The van der Waals surface area contributed by atoms with Crippen LogP contribution >= 0.6 is 0 Å². The van der Waals surface area contributed by atoms with Crippen LogP contribution in [0.2, 0.25) is 0 Å². The van der Waals surface area contributed by atoms with Crippen LogP contribution in [-0.4, -0.2) is 51.9 Å². The quantitative estimate of drug-likeness (QED) is 0.800. The molecule has 0 fully saturated rings. The Morgan fingerprint density at radius 3 is 3.04 bits per heavy atom. The smallest absolute Gasteiger partial charge is 0.248 e. The van der Waals surface area contributed by atoms with Gasteiger partial charge in [-0.1, -0.05) is 0 Å². The number of pyridine rings is 1. The van der Waals surface area contributed by atoms with Crippen LogP contribution in [0.15, 0.2) is 36.8 Å². The van der Waals surface area contributed by atoms with Gasteiger partial charge in [0.1, 0.15) is 12.4 Å². The van der Waals surface area contributed by atoms with E-state index in [1.165, 1.54) is 0 Å². The highest BCUT2D eigenvalue weighted by Gasteiger charge is 2.26. The van der Waals surface area contributed by atoms with Crippen molar-refractivity contribution in [1.82, 2.24) is 19.7 Å². The molecule has 128 valence electrons. The molecular weight excluding hydrogens is 308 g/mol. The van der Waals surface area contributed by atoms with E-state index in [9.17, 15) is 4.79 Å². The van der Waals surface area contributed by atoms with E-state index >= 15 is 0 Å². The van der Waals surface area contributed by atoms with E-state index in [-0.39, 0.29) is 18.4 Å². The molecule has 24 heavy (non-hydrogen) atoms. The molecule has 2 aromatic heterocycles. The largest absolute Gasteiger partial charge is 0.492 e. The highest BCUT2D eigenvalue weighted by atomic mass is 16.5. The van der Waals surface area contributed by atoms with Gasteiger partial charge >= 0.3 is 0 Å². The van der Waals surface area contributed by atoms with E-state index in [1.807, 2.05) is 34.7 Å². The first-order valence-corrected chi connectivity index (χ1v) is 8.15. The number of carbonyl (C=O) groups excluding carboxylic acids is 1. The fourth-order valence-electron chi connectivity index (χ4n) is 2.76. The molecule has 2 aromatic rings. The maximum Gasteiger partial charge on any atom is 0.248 e. The Morgan fingerprint density at radius 2 is 2.25 bits per heavy atom. The highest BCUT2D eigenvalue weighted by molar-refractivity contribution is 5.77. The number of carbonyl (C=O) groups is 1. The van der Waals surface area contributed by atoms with Crippen molar-refractivity contribution < 1.29 is 14.3 Å². The summed E-state index contributed by atoms with van der Waals surface area (Å²) in [4.78, 5) is 18.3. The summed E-state index contributed by atoms with van der Waals surface area (Å²) in [5.41, 5.74) is 1.03. The lowest BCUT2D eigenvalue weighted by molar-refractivity contribution is -0.137. The standard InChI is InChI=1S/C17H22N4O3/c1-2-23-13-17(22)20-9-14(10-21-15(11-20)5-7-19-21)12-24-16-4-3-6-18-8-16/h3-8,14H,2,9-13H2,1H3/t14-/m1/s1. The Labute approximate surface area is 141 Å². The molecule has 0 unspecified atom stereocenters. The fourth-order valence-corrected chi connectivity index (χ4v) is 2.76. The predicted molar refractivity (Wildman–Crippen MR) is 87.4 cm³/mol. The summed E-state index contributed by atoms with van der Waals surface area (Å²) in [5, 5.41) is 4.36. The normalized spacial score (nSPS) is 17.2. The number of hydrogen-bond acceptors (Lipinski definition) is 5. The average molecular weight is 330 g/mol. The summed E-state index contributed by atoms with van der Waals surface area (Å²) < 4.78 is 13.0. The molecule has 7 heteroatoms. The van der Waals surface area contributed by atoms with Crippen LogP contribution in [-0.2, 0) is 22.6 Å². The third-order valence-electron chi connectivity index (χ3n) is 3.97. The zero-order valence-electron chi connectivity index (χ0n) is 13.8. The van der Waals surface area contributed by atoms with Crippen molar-refractivity contribution in [3.05, 3.63) is 42.5 Å². The molecular formula is C17H22N4O3. The van der Waals surface area contributed by atoms with E-state index in [2.05, 4.69) is 10.1 Å². The van der Waals surface area contributed by atoms with Crippen molar-refractivity contribution in [3.63, 3.8) is 0 Å².